The van der Waals surface area contributed by atoms with Crippen LogP contribution in [0.5, 0.6) is 0 Å². The first-order valence-electron chi connectivity index (χ1n) is 8.09. The molecule has 0 aromatic heterocycles. The zero-order chi connectivity index (χ0) is 15.0. The Morgan fingerprint density at radius 2 is 1.80 bits per heavy atom. The van der Waals surface area contributed by atoms with E-state index in [1.165, 1.54) is 19.3 Å². The fraction of sp³-hybridized carbons (Fsp3) is 0.875. The largest absolute Gasteiger partial charge is 0.481 e. The number of carboxylic acids is 1. The second-order valence-corrected chi connectivity index (χ2v) is 6.09. The molecule has 1 rings (SSSR count). The summed E-state index contributed by atoms with van der Waals surface area (Å²) in [6.45, 7) is 4.20. The van der Waals surface area contributed by atoms with E-state index < -0.39 is 11.9 Å². The van der Waals surface area contributed by atoms with Gasteiger partial charge in [-0.3, -0.25) is 9.59 Å². The molecule has 1 amide bonds. The predicted molar refractivity (Wildman–Crippen MR) is 79.4 cm³/mol. The number of carboxylic acid groups (broad SMARTS) is 1. The molecule has 116 valence electrons. The van der Waals surface area contributed by atoms with Crippen molar-refractivity contribution in [1.29, 1.82) is 0 Å². The molecule has 0 aromatic rings. The second-order valence-electron chi connectivity index (χ2n) is 6.09. The third-order valence-corrected chi connectivity index (χ3v) is 4.30. The smallest absolute Gasteiger partial charge is 0.307 e. The first kappa shape index (κ1) is 17.0. The molecule has 0 radical (unpaired) electrons. The molecule has 0 spiro atoms. The molecule has 1 aliphatic rings. The normalized spacial score (nSPS) is 24.1. The number of nitrogens with one attached hydrogen (secondary N) is 1. The molecule has 0 saturated heterocycles. The molecule has 0 unspecified atom stereocenters. The van der Waals surface area contributed by atoms with Crippen LogP contribution in [0.4, 0.5) is 0 Å². The summed E-state index contributed by atoms with van der Waals surface area (Å²) in [7, 11) is 0. The molecule has 1 aliphatic carbocycles. The van der Waals surface area contributed by atoms with Crippen molar-refractivity contribution >= 4 is 11.9 Å². The molecular formula is C16H29NO3. The van der Waals surface area contributed by atoms with Crippen molar-refractivity contribution in [3.05, 3.63) is 0 Å². The Morgan fingerprint density at radius 3 is 2.40 bits per heavy atom. The standard InChI is InChI=1S/C16H29NO3/c1-3-4-5-6-9-12(2)17-15(18)13-10-7-8-11-14(13)16(19)20/h12-14H,3-11H2,1-2H3,(H,17,18)(H,19,20)/t12-,13-,14+/m1/s1. The van der Waals surface area contributed by atoms with Gasteiger partial charge in [0.25, 0.3) is 0 Å². The van der Waals surface area contributed by atoms with Gasteiger partial charge in [0.15, 0.2) is 0 Å². The van der Waals surface area contributed by atoms with Gasteiger partial charge in [-0.1, -0.05) is 45.4 Å². The minimum absolute atomic E-state index is 0.0555. The van der Waals surface area contributed by atoms with Crippen molar-refractivity contribution in [1.82, 2.24) is 5.32 Å². The number of carbonyl (C=O) groups is 2. The third kappa shape index (κ3) is 5.51. The predicted octanol–water partition coefficient (Wildman–Crippen LogP) is 3.35. The average Bonchev–Trinajstić information content (AvgIpc) is 2.43. The summed E-state index contributed by atoms with van der Waals surface area (Å²) in [4.78, 5) is 23.5. The van der Waals surface area contributed by atoms with E-state index in [1.54, 1.807) is 0 Å². The quantitative estimate of drug-likeness (QED) is 0.671. The lowest BCUT2D eigenvalue weighted by Crippen LogP contribution is -2.43. The summed E-state index contributed by atoms with van der Waals surface area (Å²) in [5, 5.41) is 12.2. The fourth-order valence-corrected chi connectivity index (χ4v) is 3.04. The third-order valence-electron chi connectivity index (χ3n) is 4.30. The van der Waals surface area contributed by atoms with Gasteiger partial charge in [-0.15, -0.1) is 0 Å². The monoisotopic (exact) mass is 283 g/mol. The molecular weight excluding hydrogens is 254 g/mol. The van der Waals surface area contributed by atoms with E-state index in [4.69, 9.17) is 0 Å². The molecule has 1 saturated carbocycles. The summed E-state index contributed by atoms with van der Waals surface area (Å²) >= 11 is 0. The van der Waals surface area contributed by atoms with Crippen LogP contribution >= 0.6 is 0 Å². The zero-order valence-corrected chi connectivity index (χ0v) is 12.9. The van der Waals surface area contributed by atoms with Gasteiger partial charge in [0, 0.05) is 6.04 Å². The molecule has 2 N–H and O–H groups in total. The number of hydrogen-bond acceptors (Lipinski definition) is 2. The van der Waals surface area contributed by atoms with E-state index in [0.29, 0.717) is 12.8 Å². The van der Waals surface area contributed by atoms with Crippen molar-refractivity contribution in [3.63, 3.8) is 0 Å². The lowest BCUT2D eigenvalue weighted by Gasteiger charge is -2.28. The van der Waals surface area contributed by atoms with Crippen molar-refractivity contribution in [3.8, 4) is 0 Å². The number of hydrogen-bond donors (Lipinski definition) is 2. The van der Waals surface area contributed by atoms with Gasteiger partial charge in [0.05, 0.1) is 11.8 Å². The number of aliphatic carboxylic acids is 1. The Labute approximate surface area is 122 Å². The lowest BCUT2D eigenvalue weighted by molar-refractivity contribution is -0.149. The van der Waals surface area contributed by atoms with E-state index in [-0.39, 0.29) is 17.9 Å². The van der Waals surface area contributed by atoms with Crippen LogP contribution in [0.3, 0.4) is 0 Å². The highest BCUT2D eigenvalue weighted by Gasteiger charge is 2.35. The summed E-state index contributed by atoms with van der Waals surface area (Å²) in [6.07, 6.45) is 9.01. The van der Waals surface area contributed by atoms with E-state index in [1.807, 2.05) is 6.92 Å². The molecule has 20 heavy (non-hydrogen) atoms. The van der Waals surface area contributed by atoms with Crippen LogP contribution in [0.2, 0.25) is 0 Å². The van der Waals surface area contributed by atoms with Crippen LogP contribution < -0.4 is 5.32 Å². The van der Waals surface area contributed by atoms with Gasteiger partial charge in [-0.05, 0) is 26.2 Å². The number of amides is 1. The lowest BCUT2D eigenvalue weighted by atomic mass is 9.78. The fourth-order valence-electron chi connectivity index (χ4n) is 3.04. The molecule has 4 heteroatoms. The van der Waals surface area contributed by atoms with E-state index in [2.05, 4.69) is 12.2 Å². The Balaban J connectivity index is 2.37. The van der Waals surface area contributed by atoms with Crippen molar-refractivity contribution in [2.45, 2.75) is 77.7 Å². The van der Waals surface area contributed by atoms with Gasteiger partial charge < -0.3 is 10.4 Å². The van der Waals surface area contributed by atoms with Crippen LogP contribution in [0.15, 0.2) is 0 Å². The minimum atomic E-state index is -0.819. The van der Waals surface area contributed by atoms with Gasteiger partial charge >= 0.3 is 5.97 Å². The van der Waals surface area contributed by atoms with Crippen LogP contribution in [-0.2, 0) is 9.59 Å². The van der Waals surface area contributed by atoms with E-state index in [0.717, 1.165) is 25.7 Å². The first-order chi connectivity index (χ1) is 9.56. The van der Waals surface area contributed by atoms with Crippen molar-refractivity contribution < 1.29 is 14.7 Å². The molecule has 0 aliphatic heterocycles. The Morgan fingerprint density at radius 1 is 1.15 bits per heavy atom. The van der Waals surface area contributed by atoms with E-state index >= 15 is 0 Å². The SMILES string of the molecule is CCCCCC[C@@H](C)NC(=O)[C@@H]1CCCC[C@@H]1C(=O)O. The first-order valence-corrected chi connectivity index (χ1v) is 8.09. The maximum atomic E-state index is 12.2. The Hall–Kier alpha value is -1.06. The van der Waals surface area contributed by atoms with Crippen LogP contribution in [0.25, 0.3) is 0 Å². The van der Waals surface area contributed by atoms with Crippen LogP contribution in [0, 0.1) is 11.8 Å². The molecule has 1 fully saturated rings. The maximum Gasteiger partial charge on any atom is 0.307 e. The van der Waals surface area contributed by atoms with Gasteiger partial charge in [0.2, 0.25) is 5.91 Å². The van der Waals surface area contributed by atoms with Gasteiger partial charge in [0.1, 0.15) is 0 Å². The van der Waals surface area contributed by atoms with Gasteiger partial charge in [-0.25, -0.2) is 0 Å². The summed E-state index contributed by atoms with van der Waals surface area (Å²) in [5.74, 6) is -1.70. The Bertz CT molecular complexity index is 317. The number of unbranched alkanes of at least 4 members (excludes halogenated alkanes) is 3. The maximum absolute atomic E-state index is 12.2. The molecule has 0 heterocycles. The summed E-state index contributed by atoms with van der Waals surface area (Å²) in [5.41, 5.74) is 0. The van der Waals surface area contributed by atoms with Crippen molar-refractivity contribution in [2.24, 2.45) is 11.8 Å². The molecule has 0 bridgehead atoms. The molecule has 0 aromatic carbocycles. The summed E-state index contributed by atoms with van der Waals surface area (Å²) < 4.78 is 0. The highest BCUT2D eigenvalue weighted by Crippen LogP contribution is 2.30. The molecule has 3 atom stereocenters. The minimum Gasteiger partial charge on any atom is -0.481 e. The second kappa shape index (κ2) is 8.98. The highest BCUT2D eigenvalue weighted by atomic mass is 16.4. The number of carbonyl (C=O) groups excluding carboxylic acids is 1. The highest BCUT2D eigenvalue weighted by molar-refractivity contribution is 5.85. The zero-order valence-electron chi connectivity index (χ0n) is 12.9. The van der Waals surface area contributed by atoms with Crippen LogP contribution in [0.1, 0.15) is 71.6 Å². The molecule has 4 nitrogen and oxygen atoms in total. The van der Waals surface area contributed by atoms with Crippen molar-refractivity contribution in [2.75, 3.05) is 0 Å². The summed E-state index contributed by atoms with van der Waals surface area (Å²) in [6, 6.07) is 0.149. The average molecular weight is 283 g/mol. The number of rotatable bonds is 8. The topological polar surface area (TPSA) is 66.4 Å². The van der Waals surface area contributed by atoms with Crippen LogP contribution in [-0.4, -0.2) is 23.0 Å². The Kier molecular flexibility index (Phi) is 7.63. The van der Waals surface area contributed by atoms with Gasteiger partial charge in [-0.2, -0.15) is 0 Å². The van der Waals surface area contributed by atoms with E-state index in [9.17, 15) is 14.7 Å².